The highest BCUT2D eigenvalue weighted by Crippen LogP contribution is 2.42. The summed E-state index contributed by atoms with van der Waals surface area (Å²) in [7, 11) is 1.38. The van der Waals surface area contributed by atoms with E-state index >= 15 is 0 Å². The van der Waals surface area contributed by atoms with Crippen LogP contribution in [0.1, 0.15) is 24.1 Å². The van der Waals surface area contributed by atoms with Crippen molar-refractivity contribution < 1.29 is 9.53 Å². The highest BCUT2D eigenvalue weighted by molar-refractivity contribution is 9.10. The maximum atomic E-state index is 11.9. The lowest BCUT2D eigenvalue weighted by Crippen LogP contribution is -2.40. The number of aliphatic imine (C=N–C) groups is 1. The van der Waals surface area contributed by atoms with E-state index in [1.807, 2.05) is 54.3 Å². The van der Waals surface area contributed by atoms with Crippen LogP contribution < -0.4 is 0 Å². The second kappa shape index (κ2) is 6.95. The minimum atomic E-state index is -0.319. The van der Waals surface area contributed by atoms with Gasteiger partial charge in [-0.2, -0.15) is 0 Å². The van der Waals surface area contributed by atoms with Crippen LogP contribution in [0.25, 0.3) is 0 Å². The summed E-state index contributed by atoms with van der Waals surface area (Å²) in [5.41, 5.74) is 2.80. The number of halogens is 2. The average Bonchev–Trinajstić information content (AvgIpc) is 2.57. The Labute approximate surface area is 154 Å². The fourth-order valence-corrected chi connectivity index (χ4v) is 3.50. The summed E-state index contributed by atoms with van der Waals surface area (Å²) in [6.07, 6.45) is 0. The molecule has 0 radical (unpaired) electrons. The van der Waals surface area contributed by atoms with Crippen LogP contribution >= 0.6 is 27.5 Å². The summed E-state index contributed by atoms with van der Waals surface area (Å²) in [5, 5.41) is 0.651. The first-order chi connectivity index (χ1) is 11.5. The van der Waals surface area contributed by atoms with Crippen molar-refractivity contribution in [1.29, 1.82) is 0 Å². The van der Waals surface area contributed by atoms with Gasteiger partial charge >= 0.3 is 5.97 Å². The molecule has 0 saturated carbocycles. The van der Waals surface area contributed by atoms with Gasteiger partial charge in [-0.3, -0.25) is 4.79 Å². The number of rotatable bonds is 3. The molecule has 0 aliphatic carbocycles. The topological polar surface area (TPSA) is 41.9 Å². The third-order valence-corrected chi connectivity index (χ3v) is 4.86. The zero-order valence-corrected chi connectivity index (χ0v) is 15.6. The molecular weight excluding hydrogens is 392 g/mol. The summed E-state index contributed by atoms with van der Waals surface area (Å²) in [5.74, 6) is 0.431. The number of benzene rings is 2. The van der Waals surface area contributed by atoms with Gasteiger partial charge in [0, 0.05) is 15.1 Å². The number of hydrogen-bond donors (Lipinski definition) is 0. The Morgan fingerprint density at radius 1 is 1.29 bits per heavy atom. The number of ether oxygens (including phenoxy) is 1. The van der Waals surface area contributed by atoms with Crippen molar-refractivity contribution in [2.24, 2.45) is 4.99 Å². The number of amidine groups is 1. The maximum absolute atomic E-state index is 11.9. The van der Waals surface area contributed by atoms with Gasteiger partial charge < -0.3 is 9.64 Å². The predicted octanol–water partition coefficient (Wildman–Crippen LogP) is 4.73. The van der Waals surface area contributed by atoms with Crippen LogP contribution in [-0.2, 0) is 9.53 Å². The maximum Gasteiger partial charge on any atom is 0.325 e. The largest absolute Gasteiger partial charge is 0.468 e. The van der Waals surface area contributed by atoms with E-state index < -0.39 is 0 Å². The second-order valence-corrected chi connectivity index (χ2v) is 6.81. The first-order valence-corrected chi connectivity index (χ1v) is 8.61. The minimum absolute atomic E-state index is 0.105. The molecule has 0 N–H and O–H groups in total. The molecule has 0 saturated heterocycles. The van der Waals surface area contributed by atoms with Crippen LogP contribution in [0.3, 0.4) is 0 Å². The molecule has 2 aromatic rings. The van der Waals surface area contributed by atoms with Crippen LogP contribution in [0.15, 0.2) is 51.9 Å². The Morgan fingerprint density at radius 2 is 2.04 bits per heavy atom. The summed E-state index contributed by atoms with van der Waals surface area (Å²) in [6, 6.07) is 13.4. The molecule has 0 amide bonds. The number of carbonyl (C=O) groups excluding carboxylic acids is 1. The molecule has 0 fully saturated rings. The first-order valence-electron chi connectivity index (χ1n) is 7.44. The third-order valence-electron chi connectivity index (χ3n) is 4.02. The number of hydrogen-bond acceptors (Lipinski definition) is 4. The van der Waals surface area contributed by atoms with E-state index in [1.54, 1.807) is 0 Å². The molecule has 1 aliphatic rings. The van der Waals surface area contributed by atoms with Crippen LogP contribution in [-0.4, -0.2) is 30.4 Å². The molecule has 0 spiro atoms. The lowest BCUT2D eigenvalue weighted by Gasteiger charge is -2.37. The van der Waals surface area contributed by atoms with E-state index in [-0.39, 0.29) is 18.6 Å². The average molecular weight is 408 g/mol. The highest BCUT2D eigenvalue weighted by Gasteiger charge is 2.32. The van der Waals surface area contributed by atoms with Gasteiger partial charge in [-0.05, 0) is 36.8 Å². The number of nitrogens with zero attached hydrogens (tertiary/aromatic N) is 2. The summed E-state index contributed by atoms with van der Waals surface area (Å²) < 4.78 is 5.80. The Balaban J connectivity index is 2.18. The third kappa shape index (κ3) is 3.19. The molecule has 1 heterocycles. The Hall–Kier alpha value is -1.85. The van der Waals surface area contributed by atoms with Gasteiger partial charge in [0.25, 0.3) is 0 Å². The fourth-order valence-electron chi connectivity index (χ4n) is 2.88. The molecule has 1 aliphatic heterocycles. The molecule has 0 aromatic heterocycles. The number of carbonyl (C=O) groups is 1. The summed E-state index contributed by atoms with van der Waals surface area (Å²) >= 11 is 9.97. The number of esters is 1. The van der Waals surface area contributed by atoms with Crippen LogP contribution in [0.5, 0.6) is 0 Å². The van der Waals surface area contributed by atoms with E-state index in [4.69, 9.17) is 16.3 Å². The fraction of sp³-hybridized carbons (Fsp3) is 0.222. The lowest BCUT2D eigenvalue weighted by atomic mass is 9.94. The zero-order chi connectivity index (χ0) is 17.3. The van der Waals surface area contributed by atoms with Crippen molar-refractivity contribution in [3.63, 3.8) is 0 Å². The normalized spacial score (nSPS) is 16.4. The van der Waals surface area contributed by atoms with Crippen molar-refractivity contribution in [2.45, 2.75) is 13.0 Å². The van der Waals surface area contributed by atoms with E-state index in [1.165, 1.54) is 7.11 Å². The van der Waals surface area contributed by atoms with Crippen LogP contribution in [0, 0.1) is 0 Å². The van der Waals surface area contributed by atoms with Gasteiger partial charge in [-0.25, -0.2) is 4.99 Å². The van der Waals surface area contributed by atoms with Crippen molar-refractivity contribution in [3.05, 3.63) is 63.1 Å². The minimum Gasteiger partial charge on any atom is -0.468 e. The van der Waals surface area contributed by atoms with E-state index in [9.17, 15) is 4.79 Å². The predicted molar refractivity (Wildman–Crippen MR) is 98.9 cm³/mol. The van der Waals surface area contributed by atoms with E-state index in [0.717, 1.165) is 27.1 Å². The van der Waals surface area contributed by atoms with Crippen LogP contribution in [0.2, 0.25) is 5.02 Å². The molecule has 0 unspecified atom stereocenters. The Morgan fingerprint density at radius 3 is 2.75 bits per heavy atom. The van der Waals surface area contributed by atoms with Gasteiger partial charge in [0.15, 0.2) is 0 Å². The van der Waals surface area contributed by atoms with Gasteiger partial charge in [0.1, 0.15) is 12.4 Å². The highest BCUT2D eigenvalue weighted by atomic mass is 79.9. The molecule has 1 atom stereocenters. The summed E-state index contributed by atoms with van der Waals surface area (Å²) in [4.78, 5) is 18.5. The van der Waals surface area contributed by atoms with Crippen molar-refractivity contribution in [1.82, 2.24) is 4.90 Å². The molecule has 6 heteroatoms. The van der Waals surface area contributed by atoms with Gasteiger partial charge in [-0.1, -0.05) is 45.7 Å². The monoisotopic (exact) mass is 406 g/mol. The number of methoxy groups -OCH3 is 1. The van der Waals surface area contributed by atoms with Crippen molar-refractivity contribution >= 4 is 45.0 Å². The van der Waals surface area contributed by atoms with Crippen molar-refractivity contribution in [2.75, 3.05) is 13.7 Å². The number of fused-ring (bicyclic) bond motifs is 1. The lowest BCUT2D eigenvalue weighted by molar-refractivity contribution is -0.141. The standard InChI is InChI=1S/C18H16BrClN2O2/c1-11-21-16-8-7-12(19)9-14(16)18(22(11)10-17(23)24-2)13-5-3-4-6-15(13)20/h3-9,18H,10H2,1-2H3/t18-/m0/s1. The van der Waals surface area contributed by atoms with Crippen molar-refractivity contribution in [3.8, 4) is 0 Å². The first kappa shape index (κ1) is 17.0. The van der Waals surface area contributed by atoms with E-state index in [2.05, 4.69) is 20.9 Å². The molecule has 3 rings (SSSR count). The zero-order valence-electron chi connectivity index (χ0n) is 13.3. The smallest absolute Gasteiger partial charge is 0.325 e. The molecular formula is C18H16BrClN2O2. The summed E-state index contributed by atoms with van der Waals surface area (Å²) in [6.45, 7) is 1.99. The van der Waals surface area contributed by atoms with Gasteiger partial charge in [0.05, 0.1) is 18.8 Å². The molecule has 4 nitrogen and oxygen atoms in total. The van der Waals surface area contributed by atoms with Gasteiger partial charge in [0.2, 0.25) is 0 Å². The van der Waals surface area contributed by atoms with Gasteiger partial charge in [-0.15, -0.1) is 0 Å². The second-order valence-electron chi connectivity index (χ2n) is 5.49. The molecule has 0 bridgehead atoms. The molecule has 124 valence electrons. The quantitative estimate of drug-likeness (QED) is 0.691. The molecule has 2 aromatic carbocycles. The Bertz CT molecular complexity index is 822. The van der Waals surface area contributed by atoms with Crippen LogP contribution in [0.4, 0.5) is 5.69 Å². The molecule has 24 heavy (non-hydrogen) atoms. The Kier molecular flexibility index (Phi) is 4.92. The van der Waals surface area contributed by atoms with E-state index in [0.29, 0.717) is 5.02 Å². The SMILES string of the molecule is COC(=O)CN1C(C)=Nc2ccc(Br)cc2[C@@H]1c1ccccc1Cl.